The van der Waals surface area contributed by atoms with E-state index in [1.165, 1.54) is 5.57 Å². The highest BCUT2D eigenvalue weighted by molar-refractivity contribution is 6.29. The van der Waals surface area contributed by atoms with Crippen LogP contribution in [0.25, 0.3) is 17.0 Å². The number of hydrogen-bond acceptors (Lipinski definition) is 3. The van der Waals surface area contributed by atoms with Gasteiger partial charge >= 0.3 is 0 Å². The average molecular weight is 274 g/mol. The van der Waals surface area contributed by atoms with Gasteiger partial charge in [0, 0.05) is 30.7 Å². The van der Waals surface area contributed by atoms with Crippen LogP contribution >= 0.6 is 11.6 Å². The van der Waals surface area contributed by atoms with E-state index in [0.29, 0.717) is 5.15 Å². The predicted octanol–water partition coefficient (Wildman–Crippen LogP) is 3.39. The number of aromatic nitrogens is 2. The number of fused-ring (bicyclic) bond motifs is 1. The van der Waals surface area contributed by atoms with Gasteiger partial charge in [-0.15, -0.1) is 0 Å². The molecular formula is C15H16ClN3. The summed E-state index contributed by atoms with van der Waals surface area (Å²) in [5.74, 6) is 0. The summed E-state index contributed by atoms with van der Waals surface area (Å²) in [6, 6.07) is 5.91. The normalized spacial score (nSPS) is 16.8. The summed E-state index contributed by atoms with van der Waals surface area (Å²) in [5, 5.41) is 1.51. The molecule has 4 heteroatoms. The predicted molar refractivity (Wildman–Crippen MR) is 79.3 cm³/mol. The van der Waals surface area contributed by atoms with Gasteiger partial charge in [0.15, 0.2) is 0 Å². The molecule has 0 spiro atoms. The molecule has 19 heavy (non-hydrogen) atoms. The smallest absolute Gasteiger partial charge is 0.131 e. The van der Waals surface area contributed by atoms with E-state index in [1.54, 1.807) is 6.20 Å². The molecule has 1 aliphatic rings. The van der Waals surface area contributed by atoms with Gasteiger partial charge in [-0.1, -0.05) is 17.2 Å². The average Bonchev–Trinajstić information content (AvgIpc) is 2.41. The largest absolute Gasteiger partial charge is 0.306 e. The third-order valence-electron chi connectivity index (χ3n) is 3.54. The fraction of sp³-hybridized carbons (Fsp3) is 0.333. The molecule has 0 amide bonds. The van der Waals surface area contributed by atoms with E-state index < -0.39 is 0 Å². The molecule has 3 rings (SSSR count). The molecule has 0 unspecified atom stereocenters. The molecule has 0 bridgehead atoms. The van der Waals surface area contributed by atoms with Crippen molar-refractivity contribution in [2.45, 2.75) is 12.8 Å². The van der Waals surface area contributed by atoms with Crippen molar-refractivity contribution in [2.75, 3.05) is 20.1 Å². The minimum Gasteiger partial charge on any atom is -0.306 e. The second-order valence-electron chi connectivity index (χ2n) is 5.04. The van der Waals surface area contributed by atoms with Crippen LogP contribution in [-0.2, 0) is 0 Å². The van der Waals surface area contributed by atoms with Crippen LogP contribution in [0.5, 0.6) is 0 Å². The van der Waals surface area contributed by atoms with Gasteiger partial charge < -0.3 is 4.90 Å². The van der Waals surface area contributed by atoms with Crippen molar-refractivity contribution in [1.82, 2.24) is 14.9 Å². The highest BCUT2D eigenvalue weighted by Gasteiger charge is 2.10. The first-order chi connectivity index (χ1) is 9.20. The lowest BCUT2D eigenvalue weighted by Crippen LogP contribution is -2.26. The van der Waals surface area contributed by atoms with Crippen LogP contribution in [0.2, 0.25) is 5.15 Å². The zero-order valence-corrected chi connectivity index (χ0v) is 11.7. The molecule has 0 aliphatic carbocycles. The summed E-state index contributed by atoms with van der Waals surface area (Å²) in [7, 11) is 2.17. The van der Waals surface area contributed by atoms with E-state index >= 15 is 0 Å². The maximum absolute atomic E-state index is 5.91. The van der Waals surface area contributed by atoms with Crippen molar-refractivity contribution in [3.63, 3.8) is 0 Å². The quantitative estimate of drug-likeness (QED) is 0.746. The fourth-order valence-corrected chi connectivity index (χ4v) is 2.50. The van der Waals surface area contributed by atoms with E-state index in [-0.39, 0.29) is 0 Å². The number of pyridine rings is 2. The zero-order valence-electron chi connectivity index (χ0n) is 10.9. The van der Waals surface area contributed by atoms with Gasteiger partial charge in [0.05, 0.1) is 11.2 Å². The summed E-state index contributed by atoms with van der Waals surface area (Å²) >= 11 is 5.91. The second-order valence-corrected chi connectivity index (χ2v) is 5.43. The lowest BCUT2D eigenvalue weighted by atomic mass is 10.0. The molecule has 1 fully saturated rings. The minimum atomic E-state index is 0.490. The Kier molecular flexibility index (Phi) is 3.49. The molecule has 0 atom stereocenters. The van der Waals surface area contributed by atoms with E-state index in [1.807, 2.05) is 18.2 Å². The van der Waals surface area contributed by atoms with Crippen LogP contribution in [0.15, 0.2) is 30.0 Å². The molecule has 0 radical (unpaired) electrons. The minimum absolute atomic E-state index is 0.490. The van der Waals surface area contributed by atoms with Crippen molar-refractivity contribution in [3.05, 3.63) is 40.8 Å². The van der Waals surface area contributed by atoms with E-state index in [2.05, 4.69) is 28.0 Å². The van der Waals surface area contributed by atoms with Crippen molar-refractivity contribution in [3.8, 4) is 0 Å². The number of rotatable bonds is 1. The van der Waals surface area contributed by atoms with E-state index in [9.17, 15) is 0 Å². The summed E-state index contributed by atoms with van der Waals surface area (Å²) in [5.41, 5.74) is 3.39. The Morgan fingerprint density at radius 3 is 2.84 bits per heavy atom. The standard InChI is InChI=1S/C15H16ClN3/c1-19-6-4-11(5-7-19)8-13-3-2-12-10-17-15(16)9-14(12)18-13/h2-3,8-10H,4-7H2,1H3. The van der Waals surface area contributed by atoms with Crippen LogP contribution < -0.4 is 0 Å². The van der Waals surface area contributed by atoms with Crippen LogP contribution in [0.3, 0.4) is 0 Å². The highest BCUT2D eigenvalue weighted by Crippen LogP contribution is 2.20. The Hall–Kier alpha value is -1.45. The Morgan fingerprint density at radius 1 is 1.26 bits per heavy atom. The molecule has 2 aromatic rings. The monoisotopic (exact) mass is 273 g/mol. The maximum atomic E-state index is 5.91. The number of piperidine rings is 1. The summed E-state index contributed by atoms with van der Waals surface area (Å²) in [6.45, 7) is 2.27. The van der Waals surface area contributed by atoms with Gasteiger partial charge in [-0.2, -0.15) is 0 Å². The van der Waals surface area contributed by atoms with E-state index in [0.717, 1.165) is 42.5 Å². The first kappa shape index (κ1) is 12.6. The van der Waals surface area contributed by atoms with Crippen molar-refractivity contribution in [2.24, 2.45) is 0 Å². The molecule has 3 heterocycles. The molecule has 2 aromatic heterocycles. The lowest BCUT2D eigenvalue weighted by molar-refractivity contribution is 0.313. The maximum Gasteiger partial charge on any atom is 0.131 e. The van der Waals surface area contributed by atoms with Crippen LogP contribution in [0, 0.1) is 0 Å². The van der Waals surface area contributed by atoms with Crippen LogP contribution in [-0.4, -0.2) is 35.0 Å². The van der Waals surface area contributed by atoms with Gasteiger partial charge in [0.2, 0.25) is 0 Å². The molecule has 0 N–H and O–H groups in total. The Balaban J connectivity index is 1.90. The Morgan fingerprint density at radius 2 is 2.05 bits per heavy atom. The number of likely N-dealkylation sites (tertiary alicyclic amines) is 1. The molecule has 1 saturated heterocycles. The second kappa shape index (κ2) is 5.27. The van der Waals surface area contributed by atoms with Gasteiger partial charge in [0.25, 0.3) is 0 Å². The van der Waals surface area contributed by atoms with Gasteiger partial charge in [-0.05, 0) is 38.1 Å². The summed E-state index contributed by atoms with van der Waals surface area (Å²) in [4.78, 5) is 11.1. The molecular weight excluding hydrogens is 258 g/mol. The van der Waals surface area contributed by atoms with Gasteiger partial charge in [-0.25, -0.2) is 9.97 Å². The van der Waals surface area contributed by atoms with Crippen molar-refractivity contribution in [1.29, 1.82) is 0 Å². The third-order valence-corrected chi connectivity index (χ3v) is 3.75. The first-order valence-electron chi connectivity index (χ1n) is 6.51. The zero-order chi connectivity index (χ0) is 13.2. The lowest BCUT2D eigenvalue weighted by Gasteiger charge is -2.23. The van der Waals surface area contributed by atoms with Gasteiger partial charge in [-0.3, -0.25) is 0 Å². The van der Waals surface area contributed by atoms with Crippen LogP contribution in [0.4, 0.5) is 0 Å². The van der Waals surface area contributed by atoms with Crippen molar-refractivity contribution >= 4 is 28.6 Å². The molecule has 1 aliphatic heterocycles. The highest BCUT2D eigenvalue weighted by atomic mass is 35.5. The molecule has 0 saturated carbocycles. The number of nitrogens with zero attached hydrogens (tertiary/aromatic N) is 3. The van der Waals surface area contributed by atoms with Gasteiger partial charge in [0.1, 0.15) is 5.15 Å². The summed E-state index contributed by atoms with van der Waals surface area (Å²) < 4.78 is 0. The SMILES string of the molecule is CN1CCC(=Cc2ccc3cnc(Cl)cc3n2)CC1. The Bertz CT molecular complexity index is 626. The van der Waals surface area contributed by atoms with Crippen molar-refractivity contribution < 1.29 is 0 Å². The number of halogens is 1. The third kappa shape index (κ3) is 2.94. The Labute approximate surface area is 117 Å². The molecule has 98 valence electrons. The summed E-state index contributed by atoms with van der Waals surface area (Å²) in [6.07, 6.45) is 6.23. The van der Waals surface area contributed by atoms with E-state index in [4.69, 9.17) is 11.6 Å². The fourth-order valence-electron chi connectivity index (χ4n) is 2.35. The topological polar surface area (TPSA) is 29.0 Å². The number of hydrogen-bond donors (Lipinski definition) is 0. The molecule has 0 aromatic carbocycles. The first-order valence-corrected chi connectivity index (χ1v) is 6.89. The molecule has 3 nitrogen and oxygen atoms in total. The van der Waals surface area contributed by atoms with Crippen LogP contribution in [0.1, 0.15) is 18.5 Å².